The first kappa shape index (κ1) is 20.4. The van der Waals surface area contributed by atoms with Crippen molar-refractivity contribution in [2.75, 3.05) is 13.1 Å². The number of aromatic nitrogens is 2. The van der Waals surface area contributed by atoms with Gasteiger partial charge in [0, 0.05) is 43.4 Å². The molecule has 1 N–H and O–H groups in total. The number of hydrogen-bond acceptors (Lipinski definition) is 5. The summed E-state index contributed by atoms with van der Waals surface area (Å²) in [5, 5.41) is 8.97. The quantitative estimate of drug-likeness (QED) is 0.669. The second-order valence-corrected chi connectivity index (χ2v) is 9.75. The Hall–Kier alpha value is -2.51. The summed E-state index contributed by atoms with van der Waals surface area (Å²) in [6, 6.07) is 12.8. The summed E-state index contributed by atoms with van der Waals surface area (Å²) in [5.74, 6) is 0.415. The molecule has 0 bridgehead atoms. The highest BCUT2D eigenvalue weighted by Gasteiger charge is 2.29. The van der Waals surface area contributed by atoms with Crippen molar-refractivity contribution < 1.29 is 9.59 Å². The highest BCUT2D eigenvalue weighted by atomic mass is 32.1. The first-order chi connectivity index (χ1) is 15.1. The van der Waals surface area contributed by atoms with Crippen molar-refractivity contribution in [3.8, 4) is 5.69 Å². The number of carbonyl (C=O) groups excluding carboxylic acids is 2. The Balaban J connectivity index is 1.24. The number of piperidine rings is 1. The van der Waals surface area contributed by atoms with E-state index in [4.69, 9.17) is 0 Å². The second-order valence-electron chi connectivity index (χ2n) is 8.72. The maximum absolute atomic E-state index is 13.0. The molecule has 6 nitrogen and oxygen atoms in total. The molecule has 1 aliphatic carbocycles. The first-order valence-electron chi connectivity index (χ1n) is 11.2. The summed E-state index contributed by atoms with van der Waals surface area (Å²) in [7, 11) is 0. The molecule has 2 aromatic heterocycles. The van der Waals surface area contributed by atoms with Crippen molar-refractivity contribution in [2.45, 2.75) is 57.5 Å². The van der Waals surface area contributed by atoms with Gasteiger partial charge in [0.2, 0.25) is 0 Å². The molecule has 5 rings (SSSR count). The van der Waals surface area contributed by atoms with E-state index in [-0.39, 0.29) is 11.9 Å². The van der Waals surface area contributed by atoms with Gasteiger partial charge in [-0.15, -0.1) is 11.3 Å². The van der Waals surface area contributed by atoms with E-state index in [1.165, 1.54) is 11.3 Å². The van der Waals surface area contributed by atoms with Crippen molar-refractivity contribution in [1.82, 2.24) is 20.0 Å². The molecule has 7 heteroatoms. The molecule has 3 aromatic rings. The van der Waals surface area contributed by atoms with Gasteiger partial charge in [-0.05, 0) is 50.8 Å². The van der Waals surface area contributed by atoms with Crippen LogP contribution in [0, 0.1) is 6.92 Å². The van der Waals surface area contributed by atoms with E-state index >= 15 is 0 Å². The smallest absolute Gasteiger partial charge is 0.261 e. The molecule has 1 amide bonds. The minimum absolute atomic E-state index is 0.0206. The number of aryl methyl sites for hydroxylation is 1. The molecule has 2 aliphatic rings. The van der Waals surface area contributed by atoms with E-state index in [2.05, 4.69) is 15.3 Å². The van der Waals surface area contributed by atoms with Crippen LogP contribution >= 0.6 is 11.3 Å². The highest BCUT2D eigenvalue weighted by Crippen LogP contribution is 2.31. The van der Waals surface area contributed by atoms with Gasteiger partial charge in [0.1, 0.15) is 10.6 Å². The van der Waals surface area contributed by atoms with E-state index < -0.39 is 0 Å². The van der Waals surface area contributed by atoms with Crippen molar-refractivity contribution in [3.05, 3.63) is 47.0 Å². The third-order valence-electron chi connectivity index (χ3n) is 6.67. The highest BCUT2D eigenvalue weighted by molar-refractivity contribution is 7.20. The first-order valence-corrected chi connectivity index (χ1v) is 12.0. The molecule has 0 unspecified atom stereocenters. The van der Waals surface area contributed by atoms with Gasteiger partial charge in [-0.3, -0.25) is 14.5 Å². The van der Waals surface area contributed by atoms with Gasteiger partial charge < -0.3 is 5.32 Å². The Morgan fingerprint density at radius 2 is 1.81 bits per heavy atom. The van der Waals surface area contributed by atoms with Crippen LogP contribution in [0.25, 0.3) is 15.9 Å². The van der Waals surface area contributed by atoms with Gasteiger partial charge >= 0.3 is 0 Å². The minimum atomic E-state index is 0.0206. The lowest BCUT2D eigenvalue weighted by Crippen LogP contribution is -2.46. The largest absolute Gasteiger partial charge is 0.349 e. The summed E-state index contributed by atoms with van der Waals surface area (Å²) in [5.41, 5.74) is 1.95. The Morgan fingerprint density at radius 3 is 2.52 bits per heavy atom. The van der Waals surface area contributed by atoms with Crippen LogP contribution < -0.4 is 5.32 Å². The van der Waals surface area contributed by atoms with E-state index in [0.29, 0.717) is 24.7 Å². The van der Waals surface area contributed by atoms with E-state index in [9.17, 15) is 9.59 Å². The van der Waals surface area contributed by atoms with Gasteiger partial charge in [0.25, 0.3) is 5.91 Å². The van der Waals surface area contributed by atoms with Crippen molar-refractivity contribution >= 4 is 33.2 Å². The average Bonchev–Trinajstić information content (AvgIpc) is 3.36. The van der Waals surface area contributed by atoms with Crippen LogP contribution in [0.15, 0.2) is 36.4 Å². The van der Waals surface area contributed by atoms with E-state index in [1.807, 2.05) is 48.0 Å². The zero-order chi connectivity index (χ0) is 21.4. The zero-order valence-corrected chi connectivity index (χ0v) is 18.7. The van der Waals surface area contributed by atoms with Crippen molar-refractivity contribution in [3.63, 3.8) is 0 Å². The maximum atomic E-state index is 13.0. The molecular formula is C24H28N4O2S. The lowest BCUT2D eigenvalue weighted by Gasteiger charge is -2.38. The summed E-state index contributed by atoms with van der Waals surface area (Å²) in [6.45, 7) is 3.80. The number of thiophene rings is 1. The zero-order valence-electron chi connectivity index (χ0n) is 17.8. The van der Waals surface area contributed by atoms with Crippen molar-refractivity contribution in [1.29, 1.82) is 0 Å². The number of fused-ring (bicyclic) bond motifs is 1. The molecule has 1 aliphatic heterocycles. The number of carbonyl (C=O) groups is 2. The Bertz CT molecular complexity index is 1090. The normalized spacial score (nSPS) is 22.7. The van der Waals surface area contributed by atoms with Crippen LogP contribution in [0.4, 0.5) is 0 Å². The molecule has 2 fully saturated rings. The van der Waals surface area contributed by atoms with Crippen LogP contribution in [0.1, 0.15) is 53.9 Å². The minimum Gasteiger partial charge on any atom is -0.349 e. The molecule has 31 heavy (non-hydrogen) atoms. The predicted molar refractivity (Wildman–Crippen MR) is 123 cm³/mol. The predicted octanol–water partition coefficient (Wildman–Crippen LogP) is 4.10. The molecular weight excluding hydrogens is 408 g/mol. The second kappa shape index (κ2) is 8.55. The van der Waals surface area contributed by atoms with Crippen LogP contribution in [0.3, 0.4) is 0 Å². The lowest BCUT2D eigenvalue weighted by molar-refractivity contribution is -0.122. The fraction of sp³-hybridized carbons (Fsp3) is 0.458. The molecule has 0 radical (unpaired) electrons. The van der Waals surface area contributed by atoms with Crippen LogP contribution in [0.5, 0.6) is 0 Å². The molecule has 1 saturated carbocycles. The lowest BCUT2D eigenvalue weighted by atomic mass is 9.89. The van der Waals surface area contributed by atoms with Gasteiger partial charge in [0.05, 0.1) is 16.3 Å². The van der Waals surface area contributed by atoms with Crippen LogP contribution in [0.2, 0.25) is 0 Å². The Kier molecular flexibility index (Phi) is 5.63. The summed E-state index contributed by atoms with van der Waals surface area (Å²) in [4.78, 5) is 28.7. The number of amides is 1. The number of nitrogens with zero attached hydrogens (tertiary/aromatic N) is 3. The third-order valence-corrected chi connectivity index (χ3v) is 7.78. The fourth-order valence-electron chi connectivity index (χ4n) is 4.88. The molecule has 3 heterocycles. The SMILES string of the molecule is Cc1nn(-c2ccccc2)c2sc(C(=O)NC3CCC(N4CCC(=O)CC4)CC3)cc12. The summed E-state index contributed by atoms with van der Waals surface area (Å²) >= 11 is 1.51. The molecule has 1 saturated heterocycles. The van der Waals surface area contributed by atoms with Gasteiger partial charge in [-0.1, -0.05) is 18.2 Å². The van der Waals surface area contributed by atoms with Crippen molar-refractivity contribution in [2.24, 2.45) is 0 Å². The topological polar surface area (TPSA) is 67.2 Å². The molecule has 162 valence electrons. The number of para-hydroxylation sites is 1. The number of hydrogen-bond donors (Lipinski definition) is 1. The number of likely N-dealkylation sites (tertiary alicyclic amines) is 1. The van der Waals surface area contributed by atoms with E-state index in [0.717, 1.165) is 65.2 Å². The number of Topliss-reactive ketones (excluding diaryl/α,β-unsaturated/α-hetero) is 1. The van der Waals surface area contributed by atoms with E-state index in [1.54, 1.807) is 0 Å². The fourth-order valence-corrected chi connectivity index (χ4v) is 5.97. The number of nitrogens with one attached hydrogen (secondary N) is 1. The molecule has 0 atom stereocenters. The van der Waals surface area contributed by atoms with Gasteiger partial charge in [-0.25, -0.2) is 4.68 Å². The molecule has 0 spiro atoms. The Morgan fingerprint density at radius 1 is 1.10 bits per heavy atom. The molecule has 1 aromatic carbocycles. The number of ketones is 1. The average molecular weight is 437 g/mol. The summed E-state index contributed by atoms with van der Waals surface area (Å²) in [6.07, 6.45) is 5.58. The maximum Gasteiger partial charge on any atom is 0.261 e. The van der Waals surface area contributed by atoms with Crippen LogP contribution in [-0.4, -0.2) is 51.5 Å². The number of benzene rings is 1. The van der Waals surface area contributed by atoms with Gasteiger partial charge in [-0.2, -0.15) is 5.10 Å². The summed E-state index contributed by atoms with van der Waals surface area (Å²) < 4.78 is 1.93. The number of rotatable bonds is 4. The van der Waals surface area contributed by atoms with Crippen LogP contribution in [-0.2, 0) is 4.79 Å². The standard InChI is InChI=1S/C24H28N4O2S/c1-16-21-15-22(31-24(21)28(26-16)19-5-3-2-4-6-19)23(30)25-17-7-9-18(10-8-17)27-13-11-20(29)12-14-27/h2-6,15,17-18H,7-14H2,1H3,(H,25,30). The monoisotopic (exact) mass is 436 g/mol. The van der Waals surface area contributed by atoms with Gasteiger partial charge in [0.15, 0.2) is 0 Å². The Labute approximate surface area is 186 Å². The third kappa shape index (κ3) is 4.16.